The first kappa shape index (κ1) is 16.9. The number of aryl methyl sites for hydroxylation is 1. The van der Waals surface area contributed by atoms with Gasteiger partial charge in [0.25, 0.3) is 0 Å². The van der Waals surface area contributed by atoms with Crippen LogP contribution in [0.5, 0.6) is 0 Å². The van der Waals surface area contributed by atoms with Crippen molar-refractivity contribution in [3.8, 4) is 0 Å². The standard InChI is InChI=1S/C15H26N4O3/c1-9(2)19(10(3)4)14(21)8-18-7-12(20)6-13(18)15-16-11(5)17-22-15/h9-10,12-13,20H,6-8H2,1-5H3/t12-,13-/m1/s1. The number of carbonyl (C=O) groups excluding carboxylic acids is 1. The van der Waals surface area contributed by atoms with Gasteiger partial charge in [0.15, 0.2) is 5.82 Å². The van der Waals surface area contributed by atoms with Crippen molar-refractivity contribution in [2.45, 2.75) is 65.3 Å². The molecule has 2 atom stereocenters. The summed E-state index contributed by atoms with van der Waals surface area (Å²) in [6.45, 7) is 10.5. The van der Waals surface area contributed by atoms with Gasteiger partial charge in [-0.1, -0.05) is 5.16 Å². The van der Waals surface area contributed by atoms with Gasteiger partial charge in [0.2, 0.25) is 11.8 Å². The summed E-state index contributed by atoms with van der Waals surface area (Å²) in [7, 11) is 0. The maximum atomic E-state index is 12.6. The number of β-amino-alcohol motifs (C(OH)–C–C–N with tert-alkyl or cyclic N) is 1. The van der Waals surface area contributed by atoms with E-state index in [9.17, 15) is 9.90 Å². The number of carbonyl (C=O) groups is 1. The van der Waals surface area contributed by atoms with E-state index in [1.165, 1.54) is 0 Å². The van der Waals surface area contributed by atoms with Crippen molar-refractivity contribution in [1.29, 1.82) is 0 Å². The Morgan fingerprint density at radius 2 is 2.05 bits per heavy atom. The topological polar surface area (TPSA) is 82.7 Å². The fourth-order valence-corrected chi connectivity index (χ4v) is 3.19. The third-order valence-electron chi connectivity index (χ3n) is 3.95. The molecule has 1 fully saturated rings. The normalized spacial score (nSPS) is 22.7. The average molecular weight is 310 g/mol. The van der Waals surface area contributed by atoms with E-state index in [0.29, 0.717) is 24.7 Å². The molecule has 0 spiro atoms. The molecule has 2 heterocycles. The largest absolute Gasteiger partial charge is 0.392 e. The third-order valence-corrected chi connectivity index (χ3v) is 3.95. The van der Waals surface area contributed by atoms with E-state index in [2.05, 4.69) is 10.1 Å². The lowest BCUT2D eigenvalue weighted by Crippen LogP contribution is -2.47. The maximum Gasteiger partial charge on any atom is 0.244 e. The molecule has 1 amide bonds. The van der Waals surface area contributed by atoms with Crippen LogP contribution in [0.1, 0.15) is 51.9 Å². The van der Waals surface area contributed by atoms with Gasteiger partial charge in [-0.05, 0) is 41.0 Å². The molecule has 0 radical (unpaired) electrons. The summed E-state index contributed by atoms with van der Waals surface area (Å²) in [6.07, 6.45) is 0.0368. The minimum Gasteiger partial charge on any atom is -0.392 e. The van der Waals surface area contributed by atoms with Crippen molar-refractivity contribution in [2.75, 3.05) is 13.1 Å². The summed E-state index contributed by atoms with van der Waals surface area (Å²) in [6, 6.07) is 0.0922. The molecule has 0 bridgehead atoms. The molecule has 22 heavy (non-hydrogen) atoms. The number of aliphatic hydroxyl groups excluding tert-OH is 1. The molecule has 0 unspecified atom stereocenters. The molecule has 1 aromatic rings. The highest BCUT2D eigenvalue weighted by atomic mass is 16.5. The number of nitrogens with zero attached hydrogens (tertiary/aromatic N) is 4. The molecule has 0 aliphatic carbocycles. The van der Waals surface area contributed by atoms with Gasteiger partial charge in [-0.3, -0.25) is 9.69 Å². The Balaban J connectivity index is 2.11. The fourth-order valence-electron chi connectivity index (χ4n) is 3.19. The Hall–Kier alpha value is -1.47. The molecular formula is C15H26N4O3. The van der Waals surface area contributed by atoms with E-state index in [1.807, 2.05) is 37.5 Å². The second-order valence-electron chi connectivity index (χ2n) is 6.50. The van der Waals surface area contributed by atoms with Crippen LogP contribution >= 0.6 is 0 Å². The van der Waals surface area contributed by atoms with Gasteiger partial charge in [0.1, 0.15) is 0 Å². The molecule has 1 aliphatic heterocycles. The highest BCUT2D eigenvalue weighted by molar-refractivity contribution is 5.79. The van der Waals surface area contributed by atoms with Crippen molar-refractivity contribution in [1.82, 2.24) is 19.9 Å². The number of hydrogen-bond donors (Lipinski definition) is 1. The first-order valence-corrected chi connectivity index (χ1v) is 7.83. The zero-order chi connectivity index (χ0) is 16.4. The zero-order valence-corrected chi connectivity index (χ0v) is 14.0. The molecule has 0 aromatic carbocycles. The van der Waals surface area contributed by atoms with Gasteiger partial charge in [0, 0.05) is 18.6 Å². The molecule has 1 aromatic heterocycles. The zero-order valence-electron chi connectivity index (χ0n) is 14.0. The van der Waals surface area contributed by atoms with Gasteiger partial charge in [0.05, 0.1) is 18.7 Å². The average Bonchev–Trinajstić information content (AvgIpc) is 2.94. The van der Waals surface area contributed by atoms with Crippen molar-refractivity contribution in [2.24, 2.45) is 0 Å². The third kappa shape index (κ3) is 3.64. The molecule has 1 saturated heterocycles. The molecule has 1 aliphatic rings. The molecule has 124 valence electrons. The number of aliphatic hydroxyl groups is 1. The minimum atomic E-state index is -0.475. The molecule has 0 saturated carbocycles. The number of amides is 1. The van der Waals surface area contributed by atoms with E-state index in [-0.39, 0.29) is 30.6 Å². The van der Waals surface area contributed by atoms with Crippen LogP contribution in [0.4, 0.5) is 0 Å². The maximum absolute atomic E-state index is 12.6. The van der Waals surface area contributed by atoms with Crippen molar-refractivity contribution in [3.63, 3.8) is 0 Å². The lowest BCUT2D eigenvalue weighted by Gasteiger charge is -2.33. The monoisotopic (exact) mass is 310 g/mol. The number of likely N-dealkylation sites (tertiary alicyclic amines) is 1. The van der Waals surface area contributed by atoms with Crippen LogP contribution in [0, 0.1) is 6.92 Å². The molecule has 2 rings (SSSR count). The van der Waals surface area contributed by atoms with Crippen molar-refractivity contribution >= 4 is 5.91 Å². The van der Waals surface area contributed by atoms with Gasteiger partial charge in [-0.25, -0.2) is 0 Å². The van der Waals surface area contributed by atoms with Crippen molar-refractivity contribution in [3.05, 3.63) is 11.7 Å². The second-order valence-corrected chi connectivity index (χ2v) is 6.50. The van der Waals surface area contributed by atoms with Crippen LogP contribution in [-0.4, -0.2) is 62.2 Å². The number of hydrogen-bond acceptors (Lipinski definition) is 6. The van der Waals surface area contributed by atoms with E-state index >= 15 is 0 Å². The number of rotatable bonds is 5. The van der Waals surface area contributed by atoms with Gasteiger partial charge >= 0.3 is 0 Å². The molecule has 1 N–H and O–H groups in total. The van der Waals surface area contributed by atoms with E-state index in [4.69, 9.17) is 4.52 Å². The molecule has 7 heteroatoms. The van der Waals surface area contributed by atoms with Crippen LogP contribution in [-0.2, 0) is 4.79 Å². The minimum absolute atomic E-state index is 0.0559. The predicted molar refractivity (Wildman–Crippen MR) is 81.1 cm³/mol. The van der Waals surface area contributed by atoms with Gasteiger partial charge < -0.3 is 14.5 Å². The smallest absolute Gasteiger partial charge is 0.244 e. The Kier molecular flexibility index (Phi) is 5.18. The van der Waals surface area contributed by atoms with Crippen LogP contribution in [0.25, 0.3) is 0 Å². The quantitative estimate of drug-likeness (QED) is 0.878. The first-order valence-electron chi connectivity index (χ1n) is 7.83. The first-order chi connectivity index (χ1) is 10.3. The lowest BCUT2D eigenvalue weighted by atomic mass is 10.2. The lowest BCUT2D eigenvalue weighted by molar-refractivity contribution is -0.136. The van der Waals surface area contributed by atoms with Gasteiger partial charge in [-0.15, -0.1) is 0 Å². The Morgan fingerprint density at radius 3 is 2.55 bits per heavy atom. The van der Waals surface area contributed by atoms with Crippen LogP contribution in [0.3, 0.4) is 0 Å². The van der Waals surface area contributed by atoms with Crippen LogP contribution < -0.4 is 0 Å². The molecule has 7 nitrogen and oxygen atoms in total. The van der Waals surface area contributed by atoms with Gasteiger partial charge in [-0.2, -0.15) is 4.98 Å². The summed E-state index contributed by atoms with van der Waals surface area (Å²) in [5.74, 6) is 1.09. The Bertz CT molecular complexity index is 507. The summed E-state index contributed by atoms with van der Waals surface area (Å²) < 4.78 is 5.22. The second kappa shape index (κ2) is 6.75. The summed E-state index contributed by atoms with van der Waals surface area (Å²) in [5, 5.41) is 13.8. The Labute approximate surface area is 131 Å². The molecular weight excluding hydrogens is 284 g/mol. The summed E-state index contributed by atoms with van der Waals surface area (Å²) in [4.78, 5) is 20.6. The van der Waals surface area contributed by atoms with Crippen LogP contribution in [0.15, 0.2) is 4.52 Å². The fraction of sp³-hybridized carbons (Fsp3) is 0.800. The number of aromatic nitrogens is 2. The summed E-state index contributed by atoms with van der Waals surface area (Å²) >= 11 is 0. The predicted octanol–water partition coefficient (Wildman–Crippen LogP) is 1.13. The SMILES string of the molecule is Cc1noc([C@H]2C[C@@H](O)CN2CC(=O)N(C(C)C)C(C)C)n1. The van der Waals surface area contributed by atoms with E-state index in [0.717, 1.165) is 0 Å². The van der Waals surface area contributed by atoms with E-state index < -0.39 is 6.10 Å². The van der Waals surface area contributed by atoms with E-state index in [1.54, 1.807) is 6.92 Å². The Morgan fingerprint density at radius 1 is 1.41 bits per heavy atom. The highest BCUT2D eigenvalue weighted by Gasteiger charge is 2.37. The summed E-state index contributed by atoms with van der Waals surface area (Å²) in [5.41, 5.74) is 0. The highest BCUT2D eigenvalue weighted by Crippen LogP contribution is 2.31. The van der Waals surface area contributed by atoms with Crippen molar-refractivity contribution < 1.29 is 14.4 Å². The van der Waals surface area contributed by atoms with Crippen LogP contribution in [0.2, 0.25) is 0 Å².